The quantitative estimate of drug-likeness (QED) is 0.175. The number of carbonyl (C=O) groups is 2. The minimum absolute atomic E-state index is 0.0493. The molecule has 2 aromatic heterocycles. The molecule has 1 atom stereocenters. The number of amides is 2. The lowest BCUT2D eigenvalue weighted by molar-refractivity contribution is -0.274. The summed E-state index contributed by atoms with van der Waals surface area (Å²) < 4.78 is 113. The zero-order chi connectivity index (χ0) is 34.1. The van der Waals surface area contributed by atoms with Crippen LogP contribution in [0, 0.1) is 11.6 Å². The van der Waals surface area contributed by atoms with Gasteiger partial charge in [0.05, 0.1) is 22.8 Å². The van der Waals surface area contributed by atoms with Crippen LogP contribution < -0.4 is 15.8 Å². The molecule has 0 bridgehead atoms. The number of nitrogens with one attached hydrogen (secondary N) is 1. The number of aromatic nitrogens is 3. The van der Waals surface area contributed by atoms with Gasteiger partial charge < -0.3 is 20.4 Å². The predicted octanol–water partition coefficient (Wildman–Crippen LogP) is 6.49. The molecule has 1 unspecified atom stereocenters. The van der Waals surface area contributed by atoms with E-state index in [1.165, 1.54) is 30.5 Å². The van der Waals surface area contributed by atoms with E-state index in [9.17, 15) is 44.7 Å². The number of imidazole rings is 1. The first kappa shape index (κ1) is 32.8. The second-order valence-electron chi connectivity index (χ2n) is 10.2. The Labute approximate surface area is 259 Å². The third-order valence-corrected chi connectivity index (χ3v) is 6.83. The Hall–Kier alpha value is -5.54. The number of primary amides is 1. The minimum Gasteiger partial charge on any atom is -0.406 e. The molecule has 47 heavy (non-hydrogen) atoms. The Bertz CT molecular complexity index is 1950. The van der Waals surface area contributed by atoms with Crippen molar-refractivity contribution in [3.05, 3.63) is 113 Å². The van der Waals surface area contributed by atoms with E-state index in [0.717, 1.165) is 24.3 Å². The van der Waals surface area contributed by atoms with E-state index >= 15 is 0 Å². The summed E-state index contributed by atoms with van der Waals surface area (Å²) in [7, 11) is 0. The second-order valence-corrected chi connectivity index (χ2v) is 10.2. The third kappa shape index (κ3) is 7.82. The number of alkyl halides is 6. The molecule has 0 aliphatic rings. The maximum atomic E-state index is 14.1. The number of nitrogens with two attached hydrogens (primary N) is 1. The van der Waals surface area contributed by atoms with Gasteiger partial charge >= 0.3 is 12.5 Å². The van der Waals surface area contributed by atoms with Gasteiger partial charge in [-0.1, -0.05) is 18.2 Å². The molecule has 2 amide bonds. The molecular formula is C31H21F8N5O3. The lowest BCUT2D eigenvalue weighted by Crippen LogP contribution is -2.34. The highest BCUT2D eigenvalue weighted by molar-refractivity contribution is 5.94. The van der Waals surface area contributed by atoms with Gasteiger partial charge in [-0.25, -0.2) is 13.8 Å². The van der Waals surface area contributed by atoms with E-state index in [1.807, 2.05) is 0 Å². The first-order valence-corrected chi connectivity index (χ1v) is 13.5. The summed E-state index contributed by atoms with van der Waals surface area (Å²) in [6, 6.07) is 12.8. The molecule has 244 valence electrons. The molecular weight excluding hydrogens is 642 g/mol. The zero-order valence-electron chi connectivity index (χ0n) is 23.7. The van der Waals surface area contributed by atoms with Crippen LogP contribution in [0.25, 0.3) is 22.2 Å². The van der Waals surface area contributed by atoms with Gasteiger partial charge in [0.25, 0.3) is 0 Å². The van der Waals surface area contributed by atoms with E-state index in [-0.39, 0.29) is 28.8 Å². The molecule has 3 N–H and O–H groups in total. The first-order chi connectivity index (χ1) is 22.1. The number of carbonyl (C=O) groups excluding carboxylic acids is 2. The van der Waals surface area contributed by atoms with Crippen molar-refractivity contribution in [2.24, 2.45) is 5.73 Å². The maximum Gasteiger partial charge on any atom is 0.573 e. The largest absolute Gasteiger partial charge is 0.573 e. The molecule has 2 heterocycles. The van der Waals surface area contributed by atoms with Gasteiger partial charge in [0, 0.05) is 29.5 Å². The number of nitrogens with zero attached hydrogens (tertiary/aromatic N) is 3. The van der Waals surface area contributed by atoms with Crippen molar-refractivity contribution in [1.29, 1.82) is 0 Å². The summed E-state index contributed by atoms with van der Waals surface area (Å²) in [6.07, 6.45) is -9.23. The lowest BCUT2D eigenvalue weighted by Gasteiger charge is -2.22. The van der Waals surface area contributed by atoms with Crippen molar-refractivity contribution in [2.45, 2.75) is 31.5 Å². The summed E-state index contributed by atoms with van der Waals surface area (Å²) in [4.78, 5) is 33.1. The number of pyridine rings is 1. The second kappa shape index (κ2) is 12.7. The Morgan fingerprint density at radius 2 is 1.64 bits per heavy atom. The molecule has 8 nitrogen and oxygen atoms in total. The summed E-state index contributed by atoms with van der Waals surface area (Å²) in [5, 5.41) is 2.54. The number of benzene rings is 3. The number of fused-ring (bicyclic) bond motifs is 1. The van der Waals surface area contributed by atoms with Crippen LogP contribution in [0.3, 0.4) is 0 Å². The molecule has 16 heteroatoms. The van der Waals surface area contributed by atoms with Crippen LogP contribution in [0.2, 0.25) is 0 Å². The van der Waals surface area contributed by atoms with Gasteiger partial charge in [-0.3, -0.25) is 14.6 Å². The number of hydrogen-bond acceptors (Lipinski definition) is 5. The molecule has 0 fully saturated rings. The molecule has 0 aliphatic carbocycles. The summed E-state index contributed by atoms with van der Waals surface area (Å²) in [5.74, 6) is -6.11. The van der Waals surface area contributed by atoms with Crippen molar-refractivity contribution in [3.8, 4) is 16.9 Å². The van der Waals surface area contributed by atoms with Gasteiger partial charge in [0.2, 0.25) is 17.6 Å². The SMILES string of the molecule is NC(=O)c1cccc(-c2cccnc2C(Cc2cc(F)cc(F)c2)NC(=O)Cn2c(C(F)(F)F)nc3ccc(OC(F)(F)F)cc32)c1. The van der Waals surface area contributed by atoms with Crippen molar-refractivity contribution < 1.29 is 49.4 Å². The fraction of sp³-hybridized carbons (Fsp3) is 0.161. The van der Waals surface area contributed by atoms with Crippen LogP contribution in [-0.4, -0.2) is 32.7 Å². The highest BCUT2D eigenvalue weighted by Crippen LogP contribution is 2.34. The van der Waals surface area contributed by atoms with Gasteiger partial charge in [0.15, 0.2) is 0 Å². The van der Waals surface area contributed by atoms with Crippen LogP contribution in [0.1, 0.15) is 33.5 Å². The van der Waals surface area contributed by atoms with Crippen molar-refractivity contribution in [2.75, 3.05) is 0 Å². The number of halogens is 8. The van der Waals surface area contributed by atoms with E-state index in [4.69, 9.17) is 5.73 Å². The van der Waals surface area contributed by atoms with E-state index in [0.29, 0.717) is 27.8 Å². The van der Waals surface area contributed by atoms with Gasteiger partial charge in [0.1, 0.15) is 23.9 Å². The average molecular weight is 664 g/mol. The average Bonchev–Trinajstić information content (AvgIpc) is 3.33. The number of ether oxygens (including phenoxy) is 1. The molecule has 0 radical (unpaired) electrons. The fourth-order valence-corrected chi connectivity index (χ4v) is 5.02. The smallest absolute Gasteiger partial charge is 0.406 e. The third-order valence-electron chi connectivity index (χ3n) is 6.83. The summed E-state index contributed by atoms with van der Waals surface area (Å²) in [6.45, 7) is -1.09. The highest BCUT2D eigenvalue weighted by atomic mass is 19.4. The minimum atomic E-state index is -5.15. The zero-order valence-corrected chi connectivity index (χ0v) is 23.7. The van der Waals surface area contributed by atoms with Crippen LogP contribution >= 0.6 is 0 Å². The monoisotopic (exact) mass is 663 g/mol. The maximum absolute atomic E-state index is 14.1. The molecule has 5 aromatic rings. The molecule has 0 aliphatic heterocycles. The molecule has 0 saturated carbocycles. The van der Waals surface area contributed by atoms with Crippen LogP contribution in [-0.2, 0) is 23.9 Å². The highest BCUT2D eigenvalue weighted by Gasteiger charge is 2.39. The Morgan fingerprint density at radius 1 is 0.915 bits per heavy atom. The normalized spacial score (nSPS) is 12.6. The van der Waals surface area contributed by atoms with Crippen molar-refractivity contribution in [3.63, 3.8) is 0 Å². The topological polar surface area (TPSA) is 112 Å². The molecule has 0 saturated heterocycles. The lowest BCUT2D eigenvalue weighted by atomic mass is 9.94. The van der Waals surface area contributed by atoms with E-state index in [1.54, 1.807) is 12.1 Å². The standard InChI is InChI=1S/C31H21F8N5O3/c32-19-9-16(10-20(33)13-19)11-24(27-22(5-2-8-41-27)17-3-1-4-18(12-17)28(40)46)42-26(45)15-44-25-14-21(47-31(37,38)39)6-7-23(25)43-29(44)30(34,35)36/h1-10,12-14,24H,11,15H2,(H2,40,46)(H,42,45). The van der Waals surface area contributed by atoms with Crippen molar-refractivity contribution >= 4 is 22.8 Å². The van der Waals surface area contributed by atoms with Crippen molar-refractivity contribution in [1.82, 2.24) is 19.9 Å². The first-order valence-electron chi connectivity index (χ1n) is 13.5. The number of hydrogen-bond donors (Lipinski definition) is 2. The van der Waals surface area contributed by atoms with Gasteiger partial charge in [-0.05, 0) is 60.0 Å². The van der Waals surface area contributed by atoms with E-state index < -0.39 is 65.7 Å². The van der Waals surface area contributed by atoms with Crippen LogP contribution in [0.4, 0.5) is 35.1 Å². The molecule has 3 aromatic carbocycles. The van der Waals surface area contributed by atoms with Gasteiger partial charge in [-0.2, -0.15) is 13.2 Å². The Balaban J connectivity index is 1.56. The molecule has 0 spiro atoms. The predicted molar refractivity (Wildman–Crippen MR) is 151 cm³/mol. The Kier molecular flexibility index (Phi) is 8.87. The number of rotatable bonds is 9. The summed E-state index contributed by atoms with van der Waals surface area (Å²) >= 11 is 0. The molecule has 5 rings (SSSR count). The summed E-state index contributed by atoms with van der Waals surface area (Å²) in [5.41, 5.74) is 5.60. The van der Waals surface area contributed by atoms with E-state index in [2.05, 4.69) is 20.0 Å². The fourth-order valence-electron chi connectivity index (χ4n) is 5.02. The van der Waals surface area contributed by atoms with Crippen LogP contribution in [0.5, 0.6) is 5.75 Å². The van der Waals surface area contributed by atoms with Gasteiger partial charge in [-0.15, -0.1) is 13.2 Å². The van der Waals surface area contributed by atoms with Crippen LogP contribution in [0.15, 0.2) is 79.0 Å². The Morgan fingerprint density at radius 3 is 2.30 bits per heavy atom.